The second kappa shape index (κ2) is 5.15. The molecule has 0 bridgehead atoms. The largest absolute Gasteiger partial charge is 0.507 e. The fourth-order valence-corrected chi connectivity index (χ4v) is 3.10. The van der Waals surface area contributed by atoms with Gasteiger partial charge in [-0.3, -0.25) is 4.55 Å². The van der Waals surface area contributed by atoms with E-state index in [4.69, 9.17) is 10.3 Å². The van der Waals surface area contributed by atoms with Crippen LogP contribution in [-0.2, 0) is 10.1 Å². The fourth-order valence-electron chi connectivity index (χ4n) is 2.47. The van der Waals surface area contributed by atoms with Crippen LogP contribution < -0.4 is 5.73 Å². The van der Waals surface area contributed by atoms with Crippen LogP contribution in [0.3, 0.4) is 0 Å². The van der Waals surface area contributed by atoms with E-state index in [1.165, 1.54) is 0 Å². The first-order valence-electron chi connectivity index (χ1n) is 6.60. The molecule has 3 aromatic rings. The lowest BCUT2D eigenvalue weighted by Crippen LogP contribution is -2.01. The number of phenols is 2. The molecule has 0 aliphatic carbocycles. The molecule has 3 aromatic carbocycles. The van der Waals surface area contributed by atoms with Gasteiger partial charge in [0, 0.05) is 10.9 Å². The Morgan fingerprint density at radius 2 is 1.65 bits per heavy atom. The lowest BCUT2D eigenvalue weighted by molar-refractivity contribution is 0.446. The zero-order chi connectivity index (χ0) is 16.8. The Hall–Kier alpha value is -2.77. The summed E-state index contributed by atoms with van der Waals surface area (Å²) in [6.07, 6.45) is 0. The molecular weight excluding hydrogens is 318 g/mol. The first-order valence-corrected chi connectivity index (χ1v) is 8.04. The Morgan fingerprint density at radius 3 is 2.30 bits per heavy atom. The smallest absolute Gasteiger partial charge is 0.298 e. The van der Waals surface area contributed by atoms with Crippen molar-refractivity contribution < 1.29 is 23.2 Å². The van der Waals surface area contributed by atoms with Crippen molar-refractivity contribution in [1.29, 1.82) is 0 Å². The SMILES string of the molecule is Nc1c(O)c(S(=O)(=O)O)cc2ccc(-c3ccccc3O)cc12. The van der Waals surface area contributed by atoms with Gasteiger partial charge in [-0.05, 0) is 29.1 Å². The molecule has 5 N–H and O–H groups in total. The molecule has 6 nitrogen and oxygen atoms in total. The minimum atomic E-state index is -4.59. The van der Waals surface area contributed by atoms with E-state index in [0.717, 1.165) is 6.07 Å². The summed E-state index contributed by atoms with van der Waals surface area (Å²) in [6.45, 7) is 0. The molecular formula is C16H13NO5S. The number of phenolic OH excluding ortho intramolecular Hbond substituents is 2. The van der Waals surface area contributed by atoms with Gasteiger partial charge in [-0.1, -0.05) is 30.3 Å². The highest BCUT2D eigenvalue weighted by atomic mass is 32.2. The van der Waals surface area contributed by atoms with E-state index in [-0.39, 0.29) is 11.4 Å². The zero-order valence-corrected chi connectivity index (χ0v) is 12.6. The predicted octanol–water partition coefficient (Wildman–Crippen LogP) is 2.75. The Kier molecular flexibility index (Phi) is 3.39. The van der Waals surface area contributed by atoms with Crippen LogP contribution in [0.15, 0.2) is 53.4 Å². The van der Waals surface area contributed by atoms with Gasteiger partial charge in [-0.2, -0.15) is 8.42 Å². The number of hydrogen-bond acceptors (Lipinski definition) is 5. The van der Waals surface area contributed by atoms with Crippen molar-refractivity contribution in [2.75, 3.05) is 5.73 Å². The van der Waals surface area contributed by atoms with Gasteiger partial charge < -0.3 is 15.9 Å². The Bertz CT molecular complexity index is 1030. The van der Waals surface area contributed by atoms with Gasteiger partial charge in [-0.25, -0.2) is 0 Å². The standard InChI is InChI=1S/C16H13NO5S/c17-15-12-7-9(11-3-1-2-4-13(11)18)5-6-10(12)8-14(16(15)19)23(20,21)22/h1-8,18-19H,17H2,(H,20,21,22). The molecule has 118 valence electrons. The number of benzene rings is 3. The first-order chi connectivity index (χ1) is 10.8. The van der Waals surface area contributed by atoms with E-state index in [1.54, 1.807) is 42.5 Å². The lowest BCUT2D eigenvalue weighted by Gasteiger charge is -2.11. The monoisotopic (exact) mass is 331 g/mol. The maximum atomic E-state index is 11.3. The fraction of sp³-hybridized carbons (Fsp3) is 0. The summed E-state index contributed by atoms with van der Waals surface area (Å²) >= 11 is 0. The Balaban J connectivity index is 2.30. The number of nitrogen functional groups attached to an aromatic ring is 1. The highest BCUT2D eigenvalue weighted by Crippen LogP contribution is 2.39. The van der Waals surface area contributed by atoms with Crippen molar-refractivity contribution in [2.45, 2.75) is 4.90 Å². The van der Waals surface area contributed by atoms with Crippen LogP contribution in [0.4, 0.5) is 5.69 Å². The van der Waals surface area contributed by atoms with Gasteiger partial charge in [0.05, 0.1) is 5.69 Å². The average molecular weight is 331 g/mol. The van der Waals surface area contributed by atoms with Gasteiger partial charge in [0.25, 0.3) is 10.1 Å². The molecule has 0 aliphatic heterocycles. The van der Waals surface area contributed by atoms with Crippen LogP contribution in [0.1, 0.15) is 0 Å². The third-order valence-corrected chi connectivity index (χ3v) is 4.48. The van der Waals surface area contributed by atoms with Crippen molar-refractivity contribution in [2.24, 2.45) is 0 Å². The number of para-hydroxylation sites is 1. The molecule has 0 aromatic heterocycles. The average Bonchev–Trinajstić information content (AvgIpc) is 2.50. The van der Waals surface area contributed by atoms with Crippen LogP contribution >= 0.6 is 0 Å². The second-order valence-electron chi connectivity index (χ2n) is 5.07. The Morgan fingerprint density at radius 1 is 0.957 bits per heavy atom. The maximum Gasteiger partial charge on any atom is 0.298 e. The van der Waals surface area contributed by atoms with Crippen molar-refractivity contribution in [3.05, 3.63) is 48.5 Å². The van der Waals surface area contributed by atoms with Crippen molar-refractivity contribution in [1.82, 2.24) is 0 Å². The summed E-state index contributed by atoms with van der Waals surface area (Å²) in [4.78, 5) is -0.641. The van der Waals surface area contributed by atoms with Crippen molar-refractivity contribution >= 4 is 26.6 Å². The van der Waals surface area contributed by atoms with E-state index in [0.29, 0.717) is 21.9 Å². The summed E-state index contributed by atoms with van der Waals surface area (Å²) in [6, 6.07) is 12.8. The van der Waals surface area contributed by atoms with E-state index < -0.39 is 20.8 Å². The number of fused-ring (bicyclic) bond motifs is 1. The highest BCUT2D eigenvalue weighted by Gasteiger charge is 2.20. The van der Waals surface area contributed by atoms with Crippen LogP contribution in [-0.4, -0.2) is 23.2 Å². The summed E-state index contributed by atoms with van der Waals surface area (Å²) in [5.74, 6) is -0.612. The summed E-state index contributed by atoms with van der Waals surface area (Å²) in [7, 11) is -4.59. The number of rotatable bonds is 2. The summed E-state index contributed by atoms with van der Waals surface area (Å²) in [5.41, 5.74) is 6.88. The van der Waals surface area contributed by atoms with Gasteiger partial charge >= 0.3 is 0 Å². The molecule has 0 fully saturated rings. The predicted molar refractivity (Wildman–Crippen MR) is 86.9 cm³/mol. The molecule has 0 atom stereocenters. The summed E-state index contributed by atoms with van der Waals surface area (Å²) in [5, 5.41) is 20.7. The highest BCUT2D eigenvalue weighted by molar-refractivity contribution is 7.86. The quantitative estimate of drug-likeness (QED) is 0.325. The van der Waals surface area contributed by atoms with Crippen molar-refractivity contribution in [3.63, 3.8) is 0 Å². The molecule has 0 spiro atoms. The normalized spacial score (nSPS) is 11.7. The van der Waals surface area contributed by atoms with Gasteiger partial charge in [0.2, 0.25) is 0 Å². The molecule has 3 rings (SSSR count). The van der Waals surface area contributed by atoms with Crippen LogP contribution in [0, 0.1) is 0 Å². The van der Waals surface area contributed by atoms with E-state index in [2.05, 4.69) is 0 Å². The lowest BCUT2D eigenvalue weighted by atomic mass is 9.99. The topological polar surface area (TPSA) is 121 Å². The van der Waals surface area contributed by atoms with Gasteiger partial charge in [0.1, 0.15) is 10.6 Å². The zero-order valence-electron chi connectivity index (χ0n) is 11.8. The molecule has 0 heterocycles. The maximum absolute atomic E-state index is 11.3. The molecule has 7 heteroatoms. The molecule has 0 unspecified atom stereocenters. The number of nitrogens with two attached hydrogens (primary N) is 1. The number of hydrogen-bond donors (Lipinski definition) is 4. The Labute approximate surface area is 132 Å². The molecule has 0 radical (unpaired) electrons. The third-order valence-electron chi connectivity index (χ3n) is 3.61. The van der Waals surface area contributed by atoms with Crippen LogP contribution in [0.5, 0.6) is 11.5 Å². The third kappa shape index (κ3) is 2.56. The van der Waals surface area contributed by atoms with Gasteiger partial charge in [-0.15, -0.1) is 0 Å². The second-order valence-corrected chi connectivity index (χ2v) is 6.46. The molecule has 23 heavy (non-hydrogen) atoms. The molecule has 0 amide bonds. The molecule has 0 saturated carbocycles. The van der Waals surface area contributed by atoms with Gasteiger partial charge in [0.15, 0.2) is 5.75 Å². The van der Waals surface area contributed by atoms with E-state index in [9.17, 15) is 18.6 Å². The summed E-state index contributed by atoms with van der Waals surface area (Å²) < 4.78 is 31.7. The molecule has 0 aliphatic rings. The minimum absolute atomic E-state index is 0.0872. The van der Waals surface area contributed by atoms with Crippen molar-refractivity contribution in [3.8, 4) is 22.6 Å². The molecule has 0 saturated heterocycles. The van der Waals surface area contributed by atoms with E-state index >= 15 is 0 Å². The number of aromatic hydroxyl groups is 2. The van der Waals surface area contributed by atoms with E-state index in [1.807, 2.05) is 0 Å². The van der Waals surface area contributed by atoms with Crippen LogP contribution in [0.2, 0.25) is 0 Å². The minimum Gasteiger partial charge on any atom is -0.507 e. The van der Waals surface area contributed by atoms with Crippen LogP contribution in [0.25, 0.3) is 21.9 Å². The number of anilines is 1. The first kappa shape index (κ1) is 15.1.